The average molecular weight is 476 g/mol. The molecule has 2 saturated heterocycles. The molecule has 2 aromatic rings. The number of thioether (sulfide) groups is 1. The van der Waals surface area contributed by atoms with Crippen molar-refractivity contribution in [1.82, 2.24) is 24.5 Å². The first kappa shape index (κ1) is 22.4. The van der Waals surface area contributed by atoms with E-state index in [1.165, 1.54) is 11.8 Å². The van der Waals surface area contributed by atoms with Gasteiger partial charge >= 0.3 is 5.97 Å². The Morgan fingerprint density at radius 3 is 2.76 bits per heavy atom. The fourth-order valence-corrected chi connectivity index (χ4v) is 5.62. The van der Waals surface area contributed by atoms with Crippen LogP contribution >= 0.6 is 11.8 Å². The zero-order chi connectivity index (χ0) is 23.6. The van der Waals surface area contributed by atoms with E-state index in [-0.39, 0.29) is 24.6 Å². The topological polar surface area (TPSA) is 108 Å². The van der Waals surface area contributed by atoms with Crippen molar-refractivity contribution >= 4 is 29.4 Å². The number of aromatic nitrogens is 4. The molecule has 1 amide bonds. The Bertz CT molecular complexity index is 1140. The number of aryl methyl sites for hydroxylation is 1. The highest BCUT2D eigenvalue weighted by atomic mass is 32.2. The minimum Gasteiger partial charge on any atom is -0.475 e. The second kappa shape index (κ2) is 7.56. The number of carbonyl (C=O) groups excluding carboxylic acids is 2. The van der Waals surface area contributed by atoms with Gasteiger partial charge in [-0.25, -0.2) is 4.98 Å². The summed E-state index contributed by atoms with van der Waals surface area (Å²) in [5.74, 6) is 0.603. The maximum Gasteiger partial charge on any atom is 0.313 e. The summed E-state index contributed by atoms with van der Waals surface area (Å²) in [5, 5.41) is 5.02. The molecule has 11 heteroatoms. The molecule has 3 atom stereocenters. The third kappa shape index (κ3) is 3.15. The maximum absolute atomic E-state index is 13.7. The number of hydrogen-bond acceptors (Lipinski definition) is 9. The summed E-state index contributed by atoms with van der Waals surface area (Å²) in [5.41, 5.74) is -1.53. The van der Waals surface area contributed by atoms with Crippen molar-refractivity contribution in [2.24, 2.45) is 10.8 Å². The van der Waals surface area contributed by atoms with E-state index in [2.05, 4.69) is 15.1 Å². The molecule has 178 valence electrons. The molecule has 0 aromatic carbocycles. The normalized spacial score (nSPS) is 30.6. The third-order valence-corrected chi connectivity index (χ3v) is 8.38. The highest BCUT2D eigenvalue weighted by molar-refractivity contribution is 7.98. The third-order valence-electron chi connectivity index (χ3n) is 7.84. The summed E-state index contributed by atoms with van der Waals surface area (Å²) in [4.78, 5) is 36.8. The fraction of sp³-hybridized carbons (Fsp3) is 0.682. The van der Waals surface area contributed by atoms with Gasteiger partial charge in [0.15, 0.2) is 5.60 Å². The van der Waals surface area contributed by atoms with E-state index in [9.17, 15) is 9.59 Å². The van der Waals surface area contributed by atoms with Crippen molar-refractivity contribution in [3.05, 3.63) is 11.8 Å². The molecular formula is C22H29N5O5S. The standard InChI is InChI=1S/C22H29N5O5S/c1-13-10-15(27-18(23-13)24-19(25-27)33-5)31-12-14-11-26(8-9-30-14)16(28)22-7-6-21(4,17(29)32-22)20(22,2)3/h10,14H,6-9,11-12H2,1-5H3/t14?,21-,22+/m0/s1. The zero-order valence-corrected chi connectivity index (χ0v) is 20.4. The minimum atomic E-state index is -1.11. The van der Waals surface area contributed by atoms with E-state index < -0.39 is 16.4 Å². The molecule has 2 aliphatic heterocycles. The smallest absolute Gasteiger partial charge is 0.313 e. The van der Waals surface area contributed by atoms with Gasteiger partial charge in [0.25, 0.3) is 11.7 Å². The molecule has 1 unspecified atom stereocenters. The summed E-state index contributed by atoms with van der Waals surface area (Å²) < 4.78 is 19.3. The summed E-state index contributed by atoms with van der Waals surface area (Å²) >= 11 is 1.43. The number of carbonyl (C=O) groups is 2. The monoisotopic (exact) mass is 475 g/mol. The van der Waals surface area contributed by atoms with Crippen LogP contribution in [0.5, 0.6) is 5.88 Å². The van der Waals surface area contributed by atoms with E-state index >= 15 is 0 Å². The second-order valence-corrected chi connectivity index (χ2v) is 10.5. The number of nitrogens with zero attached hydrogens (tertiary/aromatic N) is 5. The fourth-order valence-electron chi connectivity index (χ4n) is 5.28. The van der Waals surface area contributed by atoms with Crippen LogP contribution in [0.1, 0.15) is 39.3 Å². The molecule has 10 nitrogen and oxygen atoms in total. The van der Waals surface area contributed by atoms with Crippen LogP contribution in [-0.4, -0.2) is 80.6 Å². The van der Waals surface area contributed by atoms with Crippen LogP contribution in [-0.2, 0) is 19.1 Å². The molecule has 0 spiro atoms. The molecule has 5 rings (SSSR count). The van der Waals surface area contributed by atoms with Crippen LogP contribution in [0.3, 0.4) is 0 Å². The van der Waals surface area contributed by atoms with Gasteiger partial charge in [0.1, 0.15) is 12.7 Å². The minimum absolute atomic E-state index is 0.126. The number of hydrogen-bond donors (Lipinski definition) is 0. The lowest BCUT2D eigenvalue weighted by Crippen LogP contribution is -2.59. The molecule has 3 aliphatic rings. The Morgan fingerprint density at radius 2 is 2.09 bits per heavy atom. The summed E-state index contributed by atoms with van der Waals surface area (Å²) in [6, 6.07) is 1.80. The maximum atomic E-state index is 13.7. The predicted octanol–water partition coefficient (Wildman–Crippen LogP) is 1.88. The number of esters is 1. The first-order valence-electron chi connectivity index (χ1n) is 11.2. The Balaban J connectivity index is 1.31. The SMILES string of the molecule is CSc1nc2nc(C)cc(OCC3CN(C(=O)[C@@]45CC[C@@](C)(C(=O)O4)C5(C)C)CCO3)n2n1. The number of morpholine rings is 1. The summed E-state index contributed by atoms with van der Waals surface area (Å²) in [7, 11) is 0. The highest BCUT2D eigenvalue weighted by Crippen LogP contribution is 2.66. The van der Waals surface area contributed by atoms with E-state index in [1.807, 2.05) is 34.0 Å². The van der Waals surface area contributed by atoms with Gasteiger partial charge < -0.3 is 19.1 Å². The molecule has 0 N–H and O–H groups in total. The lowest BCUT2D eigenvalue weighted by molar-refractivity contribution is -0.178. The number of rotatable bonds is 5. The van der Waals surface area contributed by atoms with Crippen LogP contribution in [0, 0.1) is 17.8 Å². The zero-order valence-electron chi connectivity index (χ0n) is 19.6. The van der Waals surface area contributed by atoms with Crippen molar-refractivity contribution in [2.75, 3.05) is 32.6 Å². The Hall–Kier alpha value is -2.40. The van der Waals surface area contributed by atoms with E-state index in [4.69, 9.17) is 14.2 Å². The van der Waals surface area contributed by atoms with Crippen LogP contribution in [0.25, 0.3) is 5.78 Å². The van der Waals surface area contributed by atoms with Gasteiger partial charge in [-0.2, -0.15) is 9.50 Å². The first-order valence-corrected chi connectivity index (χ1v) is 12.4. The Morgan fingerprint density at radius 1 is 1.30 bits per heavy atom. The molecule has 2 aromatic heterocycles. The summed E-state index contributed by atoms with van der Waals surface area (Å²) in [6.45, 7) is 9.20. The molecule has 3 fully saturated rings. The largest absolute Gasteiger partial charge is 0.475 e. The number of amides is 1. The van der Waals surface area contributed by atoms with Gasteiger partial charge in [-0.1, -0.05) is 25.6 Å². The molecular weight excluding hydrogens is 446 g/mol. The second-order valence-electron chi connectivity index (χ2n) is 9.77. The molecule has 4 heterocycles. The lowest BCUT2D eigenvalue weighted by atomic mass is 9.66. The Kier molecular flexibility index (Phi) is 5.13. The Labute approximate surface area is 196 Å². The molecule has 1 aliphatic carbocycles. The lowest BCUT2D eigenvalue weighted by Gasteiger charge is -2.41. The van der Waals surface area contributed by atoms with E-state index in [0.717, 1.165) is 5.69 Å². The van der Waals surface area contributed by atoms with E-state index in [1.54, 1.807) is 15.5 Å². The van der Waals surface area contributed by atoms with Crippen LogP contribution in [0.15, 0.2) is 11.2 Å². The molecule has 2 bridgehead atoms. The van der Waals surface area contributed by atoms with Gasteiger partial charge in [-0.05, 0) is 32.9 Å². The summed E-state index contributed by atoms with van der Waals surface area (Å²) in [6.07, 6.45) is 2.80. The van der Waals surface area contributed by atoms with Crippen molar-refractivity contribution in [3.63, 3.8) is 0 Å². The van der Waals surface area contributed by atoms with Gasteiger partial charge in [-0.15, -0.1) is 5.10 Å². The number of ether oxygens (including phenoxy) is 3. The van der Waals surface area contributed by atoms with Crippen LogP contribution in [0.2, 0.25) is 0 Å². The number of fused-ring (bicyclic) bond motifs is 3. The van der Waals surface area contributed by atoms with Crippen LogP contribution < -0.4 is 4.74 Å². The van der Waals surface area contributed by atoms with Crippen LogP contribution in [0.4, 0.5) is 0 Å². The van der Waals surface area contributed by atoms with Gasteiger partial charge in [0, 0.05) is 23.7 Å². The van der Waals surface area contributed by atoms with Crippen molar-refractivity contribution in [3.8, 4) is 5.88 Å². The van der Waals surface area contributed by atoms with Crippen molar-refractivity contribution in [2.45, 2.75) is 57.4 Å². The van der Waals surface area contributed by atoms with Gasteiger partial charge in [-0.3, -0.25) is 9.59 Å². The average Bonchev–Trinajstić information content (AvgIpc) is 3.34. The van der Waals surface area contributed by atoms with Crippen molar-refractivity contribution < 1.29 is 23.8 Å². The predicted molar refractivity (Wildman–Crippen MR) is 119 cm³/mol. The van der Waals surface area contributed by atoms with Gasteiger partial charge in [0.05, 0.1) is 18.6 Å². The van der Waals surface area contributed by atoms with E-state index in [0.29, 0.717) is 49.4 Å². The molecule has 1 saturated carbocycles. The molecule has 33 heavy (non-hydrogen) atoms. The first-order chi connectivity index (χ1) is 15.6. The highest BCUT2D eigenvalue weighted by Gasteiger charge is 2.76. The molecule has 0 radical (unpaired) electrons. The quantitative estimate of drug-likeness (QED) is 0.473. The van der Waals surface area contributed by atoms with Gasteiger partial charge in [0.2, 0.25) is 11.0 Å². The van der Waals surface area contributed by atoms with Crippen molar-refractivity contribution in [1.29, 1.82) is 0 Å².